The van der Waals surface area contributed by atoms with Crippen molar-refractivity contribution in [2.75, 3.05) is 31.2 Å². The molecule has 0 spiro atoms. The smallest absolute Gasteiger partial charge is 0.246 e. The lowest BCUT2D eigenvalue weighted by molar-refractivity contribution is -0.124. The van der Waals surface area contributed by atoms with E-state index in [9.17, 15) is 9.59 Å². The second kappa shape index (κ2) is 9.96. The van der Waals surface area contributed by atoms with E-state index in [0.717, 1.165) is 24.1 Å². The molecule has 1 heterocycles. The number of hydrogen-bond donors (Lipinski definition) is 1. The maximum absolute atomic E-state index is 12.6. The van der Waals surface area contributed by atoms with Crippen LogP contribution in [0.2, 0.25) is 0 Å². The van der Waals surface area contributed by atoms with Crippen molar-refractivity contribution in [1.82, 2.24) is 5.32 Å². The molecule has 0 bridgehead atoms. The molecule has 2 aromatic rings. The summed E-state index contributed by atoms with van der Waals surface area (Å²) in [4.78, 5) is 26.8. The third kappa shape index (κ3) is 5.28. The van der Waals surface area contributed by atoms with Crippen molar-refractivity contribution in [2.45, 2.75) is 33.1 Å². The number of rotatable bonds is 8. The number of fused-ring (bicyclic) bond motifs is 1. The summed E-state index contributed by atoms with van der Waals surface area (Å²) in [7, 11) is 0. The summed E-state index contributed by atoms with van der Waals surface area (Å²) < 4.78 is 11.2. The minimum Gasteiger partial charge on any atom is -0.490 e. The van der Waals surface area contributed by atoms with Crippen LogP contribution in [-0.2, 0) is 22.4 Å². The maximum atomic E-state index is 12.6. The lowest BCUT2D eigenvalue weighted by Gasteiger charge is -2.29. The molecule has 0 saturated heterocycles. The largest absolute Gasteiger partial charge is 0.490 e. The zero-order chi connectivity index (χ0) is 20.6. The van der Waals surface area contributed by atoms with Crippen LogP contribution in [0.3, 0.4) is 0 Å². The molecule has 0 fully saturated rings. The molecule has 0 radical (unpaired) electrons. The van der Waals surface area contributed by atoms with E-state index in [2.05, 4.69) is 11.4 Å². The van der Waals surface area contributed by atoms with E-state index in [0.29, 0.717) is 31.3 Å². The van der Waals surface area contributed by atoms with Gasteiger partial charge in [-0.1, -0.05) is 24.3 Å². The number of anilines is 1. The van der Waals surface area contributed by atoms with Gasteiger partial charge in [0.15, 0.2) is 11.5 Å². The highest BCUT2D eigenvalue weighted by Crippen LogP contribution is 2.29. The average molecular weight is 396 g/mol. The molecule has 1 aliphatic heterocycles. The second-order valence-electron chi connectivity index (χ2n) is 6.88. The van der Waals surface area contributed by atoms with E-state index in [1.165, 1.54) is 5.56 Å². The zero-order valence-corrected chi connectivity index (χ0v) is 17.1. The number of carbonyl (C=O) groups is 2. The van der Waals surface area contributed by atoms with Crippen LogP contribution in [-0.4, -0.2) is 38.1 Å². The molecule has 0 saturated carbocycles. The summed E-state index contributed by atoms with van der Waals surface area (Å²) in [5.74, 6) is 1.00. The Hall–Kier alpha value is -3.02. The predicted molar refractivity (Wildman–Crippen MR) is 113 cm³/mol. The van der Waals surface area contributed by atoms with Crippen LogP contribution < -0.4 is 19.7 Å². The molecule has 0 aliphatic carbocycles. The van der Waals surface area contributed by atoms with Crippen molar-refractivity contribution in [1.29, 1.82) is 0 Å². The highest BCUT2D eigenvalue weighted by Gasteiger charge is 2.22. The van der Waals surface area contributed by atoms with Crippen LogP contribution in [0.25, 0.3) is 0 Å². The fourth-order valence-electron chi connectivity index (χ4n) is 3.52. The first kappa shape index (κ1) is 20.7. The van der Waals surface area contributed by atoms with E-state index < -0.39 is 0 Å². The van der Waals surface area contributed by atoms with Crippen LogP contribution >= 0.6 is 0 Å². The predicted octanol–water partition coefficient (Wildman–Crippen LogP) is 3.12. The van der Waals surface area contributed by atoms with Gasteiger partial charge in [0.25, 0.3) is 0 Å². The van der Waals surface area contributed by atoms with Crippen LogP contribution in [0, 0.1) is 0 Å². The van der Waals surface area contributed by atoms with Crippen molar-refractivity contribution in [3.05, 3.63) is 53.6 Å². The Morgan fingerprint density at radius 3 is 2.59 bits per heavy atom. The Bertz CT molecular complexity index is 866. The Morgan fingerprint density at radius 1 is 1.03 bits per heavy atom. The van der Waals surface area contributed by atoms with Crippen molar-refractivity contribution < 1.29 is 19.1 Å². The van der Waals surface area contributed by atoms with E-state index in [1.54, 1.807) is 4.90 Å². The fourth-order valence-corrected chi connectivity index (χ4v) is 3.52. The Morgan fingerprint density at radius 2 is 1.79 bits per heavy atom. The van der Waals surface area contributed by atoms with Gasteiger partial charge in [-0.05, 0) is 56.0 Å². The molecule has 0 aromatic heterocycles. The number of aryl methyl sites for hydroxylation is 1. The van der Waals surface area contributed by atoms with Crippen LogP contribution in [0.5, 0.6) is 11.5 Å². The number of ether oxygens (including phenoxy) is 2. The zero-order valence-electron chi connectivity index (χ0n) is 17.1. The normalized spacial score (nSPS) is 12.8. The Labute approximate surface area is 171 Å². The summed E-state index contributed by atoms with van der Waals surface area (Å²) >= 11 is 0. The Balaban J connectivity index is 1.58. The van der Waals surface area contributed by atoms with Crippen molar-refractivity contribution in [3.8, 4) is 11.5 Å². The summed E-state index contributed by atoms with van der Waals surface area (Å²) in [6.45, 7) is 5.54. The van der Waals surface area contributed by atoms with Gasteiger partial charge in [-0.15, -0.1) is 0 Å². The highest BCUT2D eigenvalue weighted by molar-refractivity contribution is 5.97. The lowest BCUT2D eigenvalue weighted by atomic mass is 10.0. The van der Waals surface area contributed by atoms with Crippen molar-refractivity contribution >= 4 is 17.5 Å². The number of benzene rings is 2. The molecule has 29 heavy (non-hydrogen) atoms. The number of carbonyl (C=O) groups excluding carboxylic acids is 2. The molecule has 154 valence electrons. The second-order valence-corrected chi connectivity index (χ2v) is 6.88. The first-order valence-corrected chi connectivity index (χ1v) is 10.2. The third-order valence-electron chi connectivity index (χ3n) is 4.82. The molecular formula is C23H28N2O4. The topological polar surface area (TPSA) is 67.9 Å². The molecule has 6 nitrogen and oxygen atoms in total. The van der Waals surface area contributed by atoms with E-state index in [4.69, 9.17) is 9.47 Å². The van der Waals surface area contributed by atoms with Crippen molar-refractivity contribution in [3.63, 3.8) is 0 Å². The van der Waals surface area contributed by atoms with Gasteiger partial charge >= 0.3 is 0 Å². The third-order valence-corrected chi connectivity index (χ3v) is 4.82. The van der Waals surface area contributed by atoms with Gasteiger partial charge in [0.1, 0.15) is 0 Å². The van der Waals surface area contributed by atoms with Gasteiger partial charge in [0.05, 0.1) is 26.2 Å². The summed E-state index contributed by atoms with van der Waals surface area (Å²) in [5, 5.41) is 2.75. The SMILES string of the molecule is CCOc1ccc(CC(=O)NCC(=O)N2CCCc3ccccc32)cc1OCC. The lowest BCUT2D eigenvalue weighted by Crippen LogP contribution is -2.43. The number of nitrogens with zero attached hydrogens (tertiary/aromatic N) is 1. The quantitative estimate of drug-likeness (QED) is 0.744. The van der Waals surface area contributed by atoms with Gasteiger partial charge < -0.3 is 19.7 Å². The number of para-hydroxylation sites is 1. The molecule has 6 heteroatoms. The summed E-state index contributed by atoms with van der Waals surface area (Å²) in [5.41, 5.74) is 2.94. The summed E-state index contributed by atoms with van der Waals surface area (Å²) in [6.07, 6.45) is 2.09. The van der Waals surface area contributed by atoms with Gasteiger partial charge in [-0.3, -0.25) is 9.59 Å². The molecule has 1 N–H and O–H groups in total. The molecule has 2 amide bonds. The fraction of sp³-hybridized carbons (Fsp3) is 0.391. The molecule has 3 rings (SSSR count). The summed E-state index contributed by atoms with van der Waals surface area (Å²) in [6, 6.07) is 13.4. The van der Waals surface area contributed by atoms with Gasteiger partial charge in [0.2, 0.25) is 11.8 Å². The molecule has 2 aromatic carbocycles. The van der Waals surface area contributed by atoms with Crippen LogP contribution in [0.4, 0.5) is 5.69 Å². The van der Waals surface area contributed by atoms with Gasteiger partial charge in [0, 0.05) is 12.2 Å². The molecule has 1 aliphatic rings. The monoisotopic (exact) mass is 396 g/mol. The maximum Gasteiger partial charge on any atom is 0.246 e. The average Bonchev–Trinajstić information content (AvgIpc) is 2.74. The highest BCUT2D eigenvalue weighted by atomic mass is 16.5. The molecule has 0 atom stereocenters. The number of amides is 2. The minimum absolute atomic E-state index is 0.0114. The first-order valence-electron chi connectivity index (χ1n) is 10.2. The first-order chi connectivity index (χ1) is 14.1. The van der Waals surface area contributed by atoms with Crippen LogP contribution in [0.15, 0.2) is 42.5 Å². The van der Waals surface area contributed by atoms with Gasteiger partial charge in [-0.2, -0.15) is 0 Å². The Kier molecular flexibility index (Phi) is 7.11. The number of hydrogen-bond acceptors (Lipinski definition) is 4. The number of nitrogens with one attached hydrogen (secondary N) is 1. The van der Waals surface area contributed by atoms with E-state index >= 15 is 0 Å². The standard InChI is InChI=1S/C23H28N2O4/c1-3-28-20-12-11-17(14-21(20)29-4-2)15-22(26)24-16-23(27)25-13-7-9-18-8-5-6-10-19(18)25/h5-6,8,10-12,14H,3-4,7,9,13,15-16H2,1-2H3,(H,24,26). The minimum atomic E-state index is -0.199. The molecule has 0 unspecified atom stereocenters. The van der Waals surface area contributed by atoms with E-state index in [-0.39, 0.29) is 24.8 Å². The van der Waals surface area contributed by atoms with E-state index in [1.807, 2.05) is 50.2 Å². The van der Waals surface area contributed by atoms with Crippen LogP contribution in [0.1, 0.15) is 31.4 Å². The van der Waals surface area contributed by atoms with Crippen molar-refractivity contribution in [2.24, 2.45) is 0 Å². The molecular weight excluding hydrogens is 368 g/mol. The van der Waals surface area contributed by atoms with Gasteiger partial charge in [-0.25, -0.2) is 0 Å².